The minimum absolute atomic E-state index is 0.160. The van der Waals surface area contributed by atoms with Crippen molar-refractivity contribution in [3.63, 3.8) is 0 Å². The third-order valence-electron chi connectivity index (χ3n) is 4.99. The topological polar surface area (TPSA) is 65.3 Å². The lowest BCUT2D eigenvalue weighted by atomic mass is 10.1. The van der Waals surface area contributed by atoms with E-state index in [4.69, 9.17) is 9.47 Å². The zero-order valence-corrected chi connectivity index (χ0v) is 16.8. The van der Waals surface area contributed by atoms with Crippen LogP contribution in [0, 0.1) is 6.92 Å². The average molecular weight is 385 g/mol. The number of hydrogen-bond acceptors (Lipinski definition) is 7. The Balaban J connectivity index is 1.58. The maximum atomic E-state index is 5.55. The monoisotopic (exact) mass is 385 g/mol. The first-order chi connectivity index (χ1) is 13.1. The van der Waals surface area contributed by atoms with Crippen molar-refractivity contribution >= 4 is 11.3 Å². The Hall–Kier alpha value is -2.45. The molecule has 1 aliphatic heterocycles. The fourth-order valence-electron chi connectivity index (χ4n) is 3.46. The number of aromatic nitrogens is 4. The van der Waals surface area contributed by atoms with Crippen molar-refractivity contribution in [2.45, 2.75) is 33.0 Å². The molecule has 1 aromatic carbocycles. The van der Waals surface area contributed by atoms with E-state index in [1.54, 1.807) is 25.6 Å². The summed E-state index contributed by atoms with van der Waals surface area (Å²) in [6.07, 6.45) is 0. The Kier molecular flexibility index (Phi) is 4.84. The van der Waals surface area contributed by atoms with Gasteiger partial charge < -0.3 is 14.0 Å². The van der Waals surface area contributed by atoms with Crippen LogP contribution in [-0.2, 0) is 13.1 Å². The van der Waals surface area contributed by atoms with E-state index < -0.39 is 0 Å². The summed E-state index contributed by atoms with van der Waals surface area (Å²) in [4.78, 5) is 6.96. The SMILES string of the molecule is COc1ccc(CN2CCn3c(-c4nc(C)cs4)nnc3[C@@H]2C)c(OC)c1. The molecule has 3 aromatic rings. The summed E-state index contributed by atoms with van der Waals surface area (Å²) < 4.78 is 13.0. The molecule has 1 aliphatic rings. The van der Waals surface area contributed by atoms with Gasteiger partial charge in [-0.3, -0.25) is 4.90 Å². The summed E-state index contributed by atoms with van der Waals surface area (Å²) >= 11 is 1.62. The predicted molar refractivity (Wildman–Crippen MR) is 104 cm³/mol. The van der Waals surface area contributed by atoms with Crippen molar-refractivity contribution in [3.8, 4) is 22.3 Å². The third kappa shape index (κ3) is 3.30. The zero-order chi connectivity index (χ0) is 19.0. The summed E-state index contributed by atoms with van der Waals surface area (Å²) in [6.45, 7) is 6.72. The standard InChI is InChI=1S/C19H23N5O2S/c1-12-11-27-19(20-12)18-22-21-17-13(2)23(7-8-24(17)18)10-14-5-6-15(25-3)9-16(14)26-4/h5-6,9,11,13H,7-8,10H2,1-4H3/t13-/m0/s1. The highest BCUT2D eigenvalue weighted by molar-refractivity contribution is 7.13. The third-order valence-corrected chi connectivity index (χ3v) is 5.95. The number of nitrogens with zero attached hydrogens (tertiary/aromatic N) is 5. The van der Waals surface area contributed by atoms with E-state index in [9.17, 15) is 0 Å². The Bertz CT molecular complexity index is 951. The minimum Gasteiger partial charge on any atom is -0.497 e. The molecule has 0 fully saturated rings. The largest absolute Gasteiger partial charge is 0.497 e. The first kappa shape index (κ1) is 17.9. The molecule has 0 radical (unpaired) electrons. The molecule has 3 heterocycles. The van der Waals surface area contributed by atoms with Crippen LogP contribution in [0.3, 0.4) is 0 Å². The van der Waals surface area contributed by atoms with E-state index in [0.29, 0.717) is 0 Å². The Labute approximate surface area is 162 Å². The maximum absolute atomic E-state index is 5.55. The highest BCUT2D eigenvalue weighted by Crippen LogP contribution is 2.33. The molecule has 7 nitrogen and oxygen atoms in total. The smallest absolute Gasteiger partial charge is 0.193 e. The molecule has 4 rings (SSSR count). The van der Waals surface area contributed by atoms with Crippen LogP contribution in [0.4, 0.5) is 0 Å². The second-order valence-electron chi connectivity index (χ2n) is 6.65. The van der Waals surface area contributed by atoms with Crippen LogP contribution in [0.15, 0.2) is 23.6 Å². The van der Waals surface area contributed by atoms with Gasteiger partial charge in [0.15, 0.2) is 16.7 Å². The number of thiazole rings is 1. The molecule has 0 N–H and O–H groups in total. The van der Waals surface area contributed by atoms with Crippen LogP contribution >= 0.6 is 11.3 Å². The fraction of sp³-hybridized carbons (Fsp3) is 0.421. The van der Waals surface area contributed by atoms with Crippen LogP contribution in [-0.4, -0.2) is 45.4 Å². The molecule has 0 amide bonds. The quantitative estimate of drug-likeness (QED) is 0.671. The van der Waals surface area contributed by atoms with E-state index in [1.807, 2.05) is 24.4 Å². The molecule has 2 aromatic heterocycles. The van der Waals surface area contributed by atoms with Crippen molar-refractivity contribution in [1.82, 2.24) is 24.6 Å². The van der Waals surface area contributed by atoms with Gasteiger partial charge in [0.25, 0.3) is 0 Å². The average Bonchev–Trinajstić information content (AvgIpc) is 3.30. The molecule has 8 heteroatoms. The first-order valence-electron chi connectivity index (χ1n) is 8.91. The molecule has 27 heavy (non-hydrogen) atoms. The van der Waals surface area contributed by atoms with Crippen molar-refractivity contribution in [1.29, 1.82) is 0 Å². The van der Waals surface area contributed by atoms with Crippen molar-refractivity contribution in [2.75, 3.05) is 20.8 Å². The molecule has 0 unspecified atom stereocenters. The van der Waals surface area contributed by atoms with Crippen LogP contribution in [0.1, 0.15) is 30.0 Å². The highest BCUT2D eigenvalue weighted by Gasteiger charge is 2.29. The number of methoxy groups -OCH3 is 2. The van der Waals surface area contributed by atoms with Gasteiger partial charge in [0.2, 0.25) is 0 Å². The van der Waals surface area contributed by atoms with Crippen molar-refractivity contribution < 1.29 is 9.47 Å². The predicted octanol–water partition coefficient (Wildman–Crippen LogP) is 3.30. The molecule has 0 saturated carbocycles. The van der Waals surface area contributed by atoms with E-state index in [0.717, 1.165) is 59.0 Å². The first-order valence-corrected chi connectivity index (χ1v) is 9.79. The van der Waals surface area contributed by atoms with E-state index in [1.165, 1.54) is 0 Å². The summed E-state index contributed by atoms with van der Waals surface area (Å²) in [5.74, 6) is 3.49. The van der Waals surface area contributed by atoms with Gasteiger partial charge in [-0.2, -0.15) is 0 Å². The summed E-state index contributed by atoms with van der Waals surface area (Å²) in [7, 11) is 3.35. The Morgan fingerprint density at radius 2 is 2.04 bits per heavy atom. The van der Waals surface area contributed by atoms with Crippen LogP contribution in [0.2, 0.25) is 0 Å². The number of ether oxygens (including phenoxy) is 2. The lowest BCUT2D eigenvalue weighted by Gasteiger charge is -2.33. The lowest BCUT2D eigenvalue weighted by Crippen LogP contribution is -2.36. The summed E-state index contributed by atoms with van der Waals surface area (Å²) in [6, 6.07) is 6.12. The normalized spacial score (nSPS) is 17.0. The van der Waals surface area contributed by atoms with Gasteiger partial charge in [-0.05, 0) is 19.9 Å². The molecular formula is C19H23N5O2S. The molecule has 0 aliphatic carbocycles. The number of rotatable bonds is 5. The number of aryl methyl sites for hydroxylation is 1. The molecule has 0 spiro atoms. The lowest BCUT2D eigenvalue weighted by molar-refractivity contribution is 0.155. The zero-order valence-electron chi connectivity index (χ0n) is 16.0. The fourth-order valence-corrected chi connectivity index (χ4v) is 4.25. The molecule has 0 saturated heterocycles. The van der Waals surface area contributed by atoms with Gasteiger partial charge in [0.1, 0.15) is 11.5 Å². The molecule has 1 atom stereocenters. The second-order valence-corrected chi connectivity index (χ2v) is 7.51. The van der Waals surface area contributed by atoms with Crippen molar-refractivity contribution in [3.05, 3.63) is 40.7 Å². The van der Waals surface area contributed by atoms with Gasteiger partial charge in [0.05, 0.1) is 20.3 Å². The van der Waals surface area contributed by atoms with Gasteiger partial charge in [-0.15, -0.1) is 21.5 Å². The Morgan fingerprint density at radius 1 is 1.19 bits per heavy atom. The number of fused-ring (bicyclic) bond motifs is 1. The number of benzene rings is 1. The Morgan fingerprint density at radius 3 is 2.74 bits per heavy atom. The maximum Gasteiger partial charge on any atom is 0.193 e. The highest BCUT2D eigenvalue weighted by atomic mass is 32.1. The second kappa shape index (κ2) is 7.28. The van der Waals surface area contributed by atoms with Gasteiger partial charge in [-0.1, -0.05) is 6.07 Å². The van der Waals surface area contributed by atoms with Gasteiger partial charge >= 0.3 is 0 Å². The molecule has 0 bridgehead atoms. The number of hydrogen-bond donors (Lipinski definition) is 0. The van der Waals surface area contributed by atoms with E-state index in [-0.39, 0.29) is 6.04 Å². The van der Waals surface area contributed by atoms with Crippen molar-refractivity contribution in [2.24, 2.45) is 0 Å². The van der Waals surface area contributed by atoms with Gasteiger partial charge in [-0.25, -0.2) is 4.98 Å². The van der Waals surface area contributed by atoms with E-state index in [2.05, 4.69) is 37.6 Å². The minimum atomic E-state index is 0.160. The van der Waals surface area contributed by atoms with E-state index >= 15 is 0 Å². The van der Waals surface area contributed by atoms with Gasteiger partial charge in [0, 0.05) is 42.3 Å². The van der Waals surface area contributed by atoms with Crippen LogP contribution < -0.4 is 9.47 Å². The molecule has 142 valence electrons. The summed E-state index contributed by atoms with van der Waals surface area (Å²) in [5, 5.41) is 11.9. The summed E-state index contributed by atoms with van der Waals surface area (Å²) in [5.41, 5.74) is 2.15. The van der Waals surface area contributed by atoms with Crippen LogP contribution in [0.25, 0.3) is 10.8 Å². The van der Waals surface area contributed by atoms with Crippen LogP contribution in [0.5, 0.6) is 11.5 Å². The molecular weight excluding hydrogens is 362 g/mol.